The molecule has 0 spiro atoms. The maximum atomic E-state index is 11.6. The molecule has 2 heterocycles. The lowest BCUT2D eigenvalue weighted by atomic mass is 10.1. The number of fused-ring (bicyclic) bond motifs is 1. The molecule has 1 N–H and O–H groups in total. The van der Waals surface area contributed by atoms with Gasteiger partial charge in [0.2, 0.25) is 0 Å². The second kappa shape index (κ2) is 10.3. The van der Waals surface area contributed by atoms with Crippen molar-refractivity contribution in [3.05, 3.63) is 46.5 Å². The Balaban J connectivity index is 1.64. The van der Waals surface area contributed by atoms with Crippen molar-refractivity contribution < 1.29 is 23.8 Å². The summed E-state index contributed by atoms with van der Waals surface area (Å²) in [7, 11) is 0. The molecule has 31 heavy (non-hydrogen) atoms. The van der Waals surface area contributed by atoms with Gasteiger partial charge in [0.05, 0.1) is 18.4 Å². The maximum absolute atomic E-state index is 11.6. The fourth-order valence-electron chi connectivity index (χ4n) is 3.45. The molecule has 1 aromatic carbocycles. The van der Waals surface area contributed by atoms with E-state index in [1.165, 1.54) is 0 Å². The van der Waals surface area contributed by atoms with Crippen LogP contribution in [0.15, 0.2) is 28.0 Å². The lowest BCUT2D eigenvalue weighted by Crippen LogP contribution is -2.29. The van der Waals surface area contributed by atoms with E-state index >= 15 is 0 Å². The van der Waals surface area contributed by atoms with Gasteiger partial charge in [0, 0.05) is 22.4 Å². The monoisotopic (exact) mass is 445 g/mol. The van der Waals surface area contributed by atoms with Crippen molar-refractivity contribution >= 4 is 27.4 Å². The molecule has 168 valence electrons. The standard InChI is InChI=1S/C24H31NO5S/c1-14(2)23-25-19(16(5)30-23)7-6-11-28-20-9-8-17(22-18(20)10-12-31-22)13-21(24(26)27)29-15(3)4/h8-10,12,14-15,21H,6-7,11,13H2,1-5H3,(H,26,27). The van der Waals surface area contributed by atoms with Gasteiger partial charge in [-0.15, -0.1) is 11.3 Å². The molecule has 3 aromatic rings. The summed E-state index contributed by atoms with van der Waals surface area (Å²) in [6.45, 7) is 10.4. The highest BCUT2D eigenvalue weighted by atomic mass is 32.1. The Hall–Kier alpha value is -2.38. The Kier molecular flexibility index (Phi) is 7.73. The molecule has 1 atom stereocenters. The molecule has 6 nitrogen and oxygen atoms in total. The summed E-state index contributed by atoms with van der Waals surface area (Å²) in [6, 6.07) is 5.90. The average Bonchev–Trinajstić information content (AvgIpc) is 3.33. The number of carbonyl (C=O) groups is 1. The normalized spacial score (nSPS) is 12.7. The average molecular weight is 446 g/mol. The van der Waals surface area contributed by atoms with Crippen LogP contribution in [0.2, 0.25) is 0 Å². The molecule has 0 aliphatic rings. The number of benzene rings is 1. The molecule has 0 saturated carbocycles. The summed E-state index contributed by atoms with van der Waals surface area (Å²) in [6.07, 6.45) is 0.960. The van der Waals surface area contributed by atoms with E-state index in [9.17, 15) is 9.90 Å². The van der Waals surface area contributed by atoms with Crippen LogP contribution in [0.5, 0.6) is 5.75 Å². The Morgan fingerprint density at radius 3 is 2.65 bits per heavy atom. The minimum atomic E-state index is -0.942. The third kappa shape index (κ3) is 5.86. The van der Waals surface area contributed by atoms with Gasteiger partial charge in [-0.25, -0.2) is 9.78 Å². The van der Waals surface area contributed by atoms with Crippen LogP contribution in [0.4, 0.5) is 0 Å². The molecule has 2 aromatic heterocycles. The van der Waals surface area contributed by atoms with Gasteiger partial charge in [-0.05, 0) is 56.7 Å². The Bertz CT molecular complexity index is 1020. The highest BCUT2D eigenvalue weighted by molar-refractivity contribution is 7.17. The molecule has 1 unspecified atom stereocenters. The highest BCUT2D eigenvalue weighted by Crippen LogP contribution is 2.34. The minimum Gasteiger partial charge on any atom is -0.493 e. The van der Waals surface area contributed by atoms with Crippen LogP contribution in [0.25, 0.3) is 10.1 Å². The Morgan fingerprint density at radius 2 is 2.00 bits per heavy atom. The zero-order chi connectivity index (χ0) is 22.5. The fourth-order valence-corrected chi connectivity index (χ4v) is 4.39. The number of aliphatic carboxylic acids is 1. The van der Waals surface area contributed by atoms with E-state index in [2.05, 4.69) is 18.8 Å². The maximum Gasteiger partial charge on any atom is 0.333 e. The predicted octanol–water partition coefficient (Wildman–Crippen LogP) is 5.75. The van der Waals surface area contributed by atoms with Gasteiger partial charge in [0.25, 0.3) is 0 Å². The first kappa shape index (κ1) is 23.3. The van der Waals surface area contributed by atoms with Crippen LogP contribution in [0, 0.1) is 6.92 Å². The van der Waals surface area contributed by atoms with Crippen molar-refractivity contribution in [3.8, 4) is 5.75 Å². The van der Waals surface area contributed by atoms with Crippen molar-refractivity contribution in [2.75, 3.05) is 6.61 Å². The lowest BCUT2D eigenvalue weighted by Gasteiger charge is -2.17. The number of carboxylic acids is 1. The molecule has 0 aliphatic carbocycles. The molecule has 0 fully saturated rings. The molecule has 3 rings (SSSR count). The molecular weight excluding hydrogens is 414 g/mol. The van der Waals surface area contributed by atoms with Crippen LogP contribution in [-0.4, -0.2) is 34.9 Å². The number of thiophene rings is 1. The van der Waals surface area contributed by atoms with Crippen LogP contribution < -0.4 is 4.74 Å². The lowest BCUT2D eigenvalue weighted by molar-refractivity contribution is -0.153. The first-order valence-corrected chi connectivity index (χ1v) is 11.6. The van der Waals surface area contributed by atoms with Gasteiger partial charge >= 0.3 is 5.97 Å². The molecule has 0 radical (unpaired) electrons. The highest BCUT2D eigenvalue weighted by Gasteiger charge is 2.22. The topological polar surface area (TPSA) is 81.8 Å². The van der Waals surface area contributed by atoms with Crippen LogP contribution in [0.1, 0.15) is 62.9 Å². The number of rotatable bonds is 11. The van der Waals surface area contributed by atoms with E-state index in [1.54, 1.807) is 11.3 Å². The SMILES string of the molecule is Cc1oc(C(C)C)nc1CCCOc1ccc(CC(OC(C)C)C(=O)O)c2sccc12. The summed E-state index contributed by atoms with van der Waals surface area (Å²) in [5.41, 5.74) is 1.96. The quantitative estimate of drug-likeness (QED) is 0.378. The number of hydrogen-bond donors (Lipinski definition) is 1. The number of aryl methyl sites for hydroxylation is 2. The number of aromatic nitrogens is 1. The second-order valence-electron chi connectivity index (χ2n) is 8.26. The summed E-state index contributed by atoms with van der Waals surface area (Å²) in [4.78, 5) is 16.2. The smallest absolute Gasteiger partial charge is 0.333 e. The summed E-state index contributed by atoms with van der Waals surface area (Å²) >= 11 is 1.59. The van der Waals surface area contributed by atoms with Crippen LogP contribution in [-0.2, 0) is 22.4 Å². The first-order valence-electron chi connectivity index (χ1n) is 10.7. The number of oxazole rings is 1. The largest absolute Gasteiger partial charge is 0.493 e. The van der Waals surface area contributed by atoms with Crippen molar-refractivity contribution in [2.45, 2.75) is 72.0 Å². The van der Waals surface area contributed by atoms with E-state index in [4.69, 9.17) is 13.9 Å². The molecule has 0 saturated heterocycles. The van der Waals surface area contributed by atoms with E-state index in [1.807, 2.05) is 44.4 Å². The van der Waals surface area contributed by atoms with Crippen molar-refractivity contribution in [1.82, 2.24) is 4.98 Å². The third-order valence-corrected chi connectivity index (χ3v) is 5.98. The number of ether oxygens (including phenoxy) is 2. The van der Waals surface area contributed by atoms with Crippen LogP contribution >= 0.6 is 11.3 Å². The van der Waals surface area contributed by atoms with Crippen LogP contribution in [0.3, 0.4) is 0 Å². The number of carboxylic acid groups (broad SMARTS) is 1. The zero-order valence-corrected chi connectivity index (χ0v) is 19.6. The molecule has 7 heteroatoms. The molecule has 0 amide bonds. The zero-order valence-electron chi connectivity index (χ0n) is 18.8. The number of hydrogen-bond acceptors (Lipinski definition) is 6. The van der Waals surface area contributed by atoms with Crippen molar-refractivity contribution in [2.24, 2.45) is 0 Å². The minimum absolute atomic E-state index is 0.146. The Morgan fingerprint density at radius 1 is 1.23 bits per heavy atom. The second-order valence-corrected chi connectivity index (χ2v) is 9.18. The summed E-state index contributed by atoms with van der Waals surface area (Å²) in [5, 5.41) is 12.5. The van der Waals surface area contributed by atoms with E-state index in [-0.39, 0.29) is 12.0 Å². The Labute approximate surface area is 187 Å². The summed E-state index contributed by atoms with van der Waals surface area (Å²) in [5.74, 6) is 1.81. The summed E-state index contributed by atoms with van der Waals surface area (Å²) < 4.78 is 18.4. The van der Waals surface area contributed by atoms with Gasteiger partial charge in [-0.1, -0.05) is 19.9 Å². The fraction of sp³-hybridized carbons (Fsp3) is 0.500. The third-order valence-electron chi connectivity index (χ3n) is 4.99. The van der Waals surface area contributed by atoms with Crippen molar-refractivity contribution in [3.63, 3.8) is 0 Å². The molecule has 0 bridgehead atoms. The van der Waals surface area contributed by atoms with E-state index < -0.39 is 12.1 Å². The molecular formula is C24H31NO5S. The molecule has 0 aliphatic heterocycles. The van der Waals surface area contributed by atoms with Crippen molar-refractivity contribution in [1.29, 1.82) is 0 Å². The predicted molar refractivity (Wildman–Crippen MR) is 122 cm³/mol. The van der Waals surface area contributed by atoms with E-state index in [0.29, 0.717) is 13.0 Å². The van der Waals surface area contributed by atoms with E-state index in [0.717, 1.165) is 51.6 Å². The van der Waals surface area contributed by atoms with Gasteiger partial charge < -0.3 is 19.0 Å². The first-order chi connectivity index (χ1) is 14.8. The number of nitrogens with zero attached hydrogens (tertiary/aromatic N) is 1. The van der Waals surface area contributed by atoms with Gasteiger partial charge in [-0.3, -0.25) is 0 Å². The van der Waals surface area contributed by atoms with Gasteiger partial charge in [-0.2, -0.15) is 0 Å². The van der Waals surface area contributed by atoms with Gasteiger partial charge in [0.1, 0.15) is 11.5 Å². The van der Waals surface area contributed by atoms with Gasteiger partial charge in [0.15, 0.2) is 12.0 Å².